The molecule has 0 bridgehead atoms. The zero-order valence-electron chi connectivity index (χ0n) is 24.0. The lowest BCUT2D eigenvalue weighted by atomic mass is 9.93. The number of carbonyl (C=O) groups is 2. The van der Waals surface area contributed by atoms with Gasteiger partial charge in [-0.25, -0.2) is 19.7 Å². The number of anilines is 1. The number of nitrogens with two attached hydrogens (primary N) is 1. The maximum absolute atomic E-state index is 12.5. The van der Waals surface area contributed by atoms with Crippen molar-refractivity contribution in [1.82, 2.24) is 29.7 Å². The number of hydrogen-bond donors (Lipinski definition) is 4. The van der Waals surface area contributed by atoms with Crippen LogP contribution in [-0.2, 0) is 38.8 Å². The largest absolute Gasteiger partial charge is 0.447 e. The molecule has 0 radical (unpaired) electrons. The molecule has 5 N–H and O–H groups in total. The fraction of sp³-hybridized carbons (Fsp3) is 0.552. The van der Waals surface area contributed by atoms with E-state index in [0.29, 0.717) is 49.7 Å². The van der Waals surface area contributed by atoms with E-state index in [0.717, 1.165) is 31.2 Å². The van der Waals surface area contributed by atoms with Gasteiger partial charge in [0, 0.05) is 25.6 Å². The van der Waals surface area contributed by atoms with Gasteiger partial charge in [-0.15, -0.1) is 0 Å². The van der Waals surface area contributed by atoms with Gasteiger partial charge in [0.25, 0.3) is 5.91 Å². The fourth-order valence-electron chi connectivity index (χ4n) is 4.95. The molecule has 14 heteroatoms. The van der Waals surface area contributed by atoms with E-state index in [9.17, 15) is 19.8 Å². The second-order valence-electron chi connectivity index (χ2n) is 10.9. The summed E-state index contributed by atoms with van der Waals surface area (Å²) in [6.45, 7) is 1.37. The van der Waals surface area contributed by atoms with Gasteiger partial charge in [0.15, 0.2) is 17.6 Å². The van der Waals surface area contributed by atoms with Crippen LogP contribution in [0.5, 0.6) is 0 Å². The number of amides is 2. The number of piperidine rings is 1. The van der Waals surface area contributed by atoms with Crippen LogP contribution in [0.4, 0.5) is 10.6 Å². The van der Waals surface area contributed by atoms with Gasteiger partial charge in [0.2, 0.25) is 0 Å². The van der Waals surface area contributed by atoms with Crippen LogP contribution < -0.4 is 11.1 Å². The first kappa shape index (κ1) is 30.6. The van der Waals surface area contributed by atoms with Gasteiger partial charge in [0.05, 0.1) is 26.1 Å². The Morgan fingerprint density at radius 1 is 1.09 bits per heavy atom. The van der Waals surface area contributed by atoms with Gasteiger partial charge in [-0.2, -0.15) is 0 Å². The van der Waals surface area contributed by atoms with Gasteiger partial charge >= 0.3 is 6.09 Å². The molecule has 1 saturated carbocycles. The standard InChI is InChI=1S/C29H39N7O7/c30-26-24-27(36(17-31-24)18-43-25(22(38)15-37)28(39)32-21-6-7-21)34-23(33-26)14-19-8-10-35(11-9-19)29(40)42-13-12-41-16-20-4-2-1-3-5-20/h1-5,17,19,21-22,25,37-38H,6-16,18H2,(H,32,39)(H2,30,33,34)/t22?,25-/m0/s1. The Bertz CT molecular complexity index is 1360. The summed E-state index contributed by atoms with van der Waals surface area (Å²) in [6, 6.07) is 9.90. The molecule has 14 nitrogen and oxygen atoms in total. The third-order valence-corrected chi connectivity index (χ3v) is 7.56. The molecule has 2 atom stereocenters. The molecule has 1 unspecified atom stereocenters. The molecule has 2 aromatic heterocycles. The van der Waals surface area contributed by atoms with Crippen molar-refractivity contribution in [3.05, 3.63) is 48.0 Å². The van der Waals surface area contributed by atoms with Crippen LogP contribution in [0.3, 0.4) is 0 Å². The van der Waals surface area contributed by atoms with Crippen molar-refractivity contribution in [1.29, 1.82) is 0 Å². The summed E-state index contributed by atoms with van der Waals surface area (Å²) in [6.07, 6.45) is 2.37. The number of nitrogens with one attached hydrogen (secondary N) is 1. The van der Waals surface area contributed by atoms with Crippen molar-refractivity contribution in [2.24, 2.45) is 5.92 Å². The summed E-state index contributed by atoms with van der Waals surface area (Å²) in [7, 11) is 0. The first-order valence-corrected chi connectivity index (χ1v) is 14.6. The molecule has 2 aliphatic rings. The first-order chi connectivity index (χ1) is 20.9. The predicted molar refractivity (Wildman–Crippen MR) is 154 cm³/mol. The van der Waals surface area contributed by atoms with Crippen molar-refractivity contribution in [2.45, 2.75) is 63.7 Å². The number of imidazole rings is 1. The van der Waals surface area contributed by atoms with Crippen LogP contribution in [0.15, 0.2) is 36.7 Å². The van der Waals surface area contributed by atoms with E-state index in [1.165, 1.54) is 6.33 Å². The van der Waals surface area contributed by atoms with E-state index >= 15 is 0 Å². The molecule has 2 fully saturated rings. The maximum atomic E-state index is 12.5. The number of nitrogen functional groups attached to an aromatic ring is 1. The van der Waals surface area contributed by atoms with E-state index in [-0.39, 0.29) is 37.2 Å². The molecule has 1 saturated heterocycles. The Morgan fingerprint density at radius 2 is 1.86 bits per heavy atom. The number of nitrogens with zero attached hydrogens (tertiary/aromatic N) is 5. The number of ether oxygens (including phenoxy) is 3. The molecule has 5 rings (SSSR count). The number of carbonyl (C=O) groups excluding carboxylic acids is 2. The minimum atomic E-state index is -1.38. The second-order valence-corrected chi connectivity index (χ2v) is 10.9. The molecule has 1 aliphatic carbocycles. The highest BCUT2D eigenvalue weighted by Crippen LogP contribution is 2.24. The average Bonchev–Trinajstić information content (AvgIpc) is 3.74. The lowest BCUT2D eigenvalue weighted by Gasteiger charge is -2.31. The summed E-state index contributed by atoms with van der Waals surface area (Å²) in [4.78, 5) is 40.1. The second kappa shape index (κ2) is 14.6. The minimum Gasteiger partial charge on any atom is -0.447 e. The van der Waals surface area contributed by atoms with Crippen molar-refractivity contribution < 1.29 is 34.0 Å². The van der Waals surface area contributed by atoms with Crippen LogP contribution in [0, 0.1) is 5.92 Å². The van der Waals surface area contributed by atoms with Crippen molar-refractivity contribution in [2.75, 3.05) is 38.6 Å². The first-order valence-electron chi connectivity index (χ1n) is 14.6. The number of fused-ring (bicyclic) bond motifs is 1. The molecule has 232 valence electrons. The summed E-state index contributed by atoms with van der Waals surface area (Å²) in [5.41, 5.74) is 8.10. The zero-order valence-corrected chi connectivity index (χ0v) is 24.0. The molecule has 3 heterocycles. The number of likely N-dealkylation sites (tertiary alicyclic amines) is 1. The molecule has 2 amide bonds. The predicted octanol–water partition coefficient (Wildman–Crippen LogP) is 0.991. The molecule has 1 aliphatic heterocycles. The molecule has 43 heavy (non-hydrogen) atoms. The van der Waals surface area contributed by atoms with Gasteiger partial charge in [-0.3, -0.25) is 9.36 Å². The Kier molecular flexibility index (Phi) is 10.4. The SMILES string of the molecule is Nc1nc(CC2CCN(C(=O)OCCOCc3ccccc3)CC2)nc2c1ncn2CO[C@H](C(=O)NC1CC1)C(O)CO. The maximum Gasteiger partial charge on any atom is 0.409 e. The quantitative estimate of drug-likeness (QED) is 0.194. The molecule has 0 spiro atoms. The van der Waals surface area contributed by atoms with Crippen molar-refractivity contribution >= 4 is 29.0 Å². The highest BCUT2D eigenvalue weighted by Gasteiger charge is 2.32. The van der Waals surface area contributed by atoms with E-state index in [1.807, 2.05) is 30.3 Å². The summed E-state index contributed by atoms with van der Waals surface area (Å²) in [5.74, 6) is 0.544. The van der Waals surface area contributed by atoms with Crippen LogP contribution in [-0.4, -0.2) is 97.8 Å². The number of benzene rings is 1. The molecular weight excluding hydrogens is 558 g/mol. The number of rotatable bonds is 14. The Morgan fingerprint density at radius 3 is 2.58 bits per heavy atom. The van der Waals surface area contributed by atoms with Gasteiger partial charge in [-0.05, 0) is 37.2 Å². The monoisotopic (exact) mass is 597 g/mol. The third-order valence-electron chi connectivity index (χ3n) is 7.56. The van der Waals surface area contributed by atoms with Crippen molar-refractivity contribution in [3.63, 3.8) is 0 Å². The molecule has 3 aromatic rings. The minimum absolute atomic E-state index is 0.0796. The topological polar surface area (TPSA) is 187 Å². The number of hydrogen-bond acceptors (Lipinski definition) is 11. The normalized spacial score (nSPS) is 17.1. The summed E-state index contributed by atoms with van der Waals surface area (Å²) in [5, 5.41) is 22.3. The van der Waals surface area contributed by atoms with Crippen LogP contribution in [0.1, 0.15) is 37.1 Å². The Hall–Kier alpha value is -3.85. The Balaban J connectivity index is 1.09. The number of aromatic nitrogens is 4. The molecule has 1 aromatic carbocycles. The van der Waals surface area contributed by atoms with Crippen LogP contribution in [0.25, 0.3) is 11.2 Å². The highest BCUT2D eigenvalue weighted by molar-refractivity contribution is 5.82. The van der Waals surface area contributed by atoms with Crippen LogP contribution >= 0.6 is 0 Å². The highest BCUT2D eigenvalue weighted by atomic mass is 16.6. The van der Waals surface area contributed by atoms with Crippen molar-refractivity contribution in [3.8, 4) is 0 Å². The molecular formula is C29H39N7O7. The number of aliphatic hydroxyl groups is 2. The van der Waals surface area contributed by atoms with E-state index in [1.54, 1.807) is 9.47 Å². The lowest BCUT2D eigenvalue weighted by Crippen LogP contribution is -2.46. The summed E-state index contributed by atoms with van der Waals surface area (Å²) >= 11 is 0. The van der Waals surface area contributed by atoms with E-state index in [4.69, 9.17) is 19.9 Å². The third kappa shape index (κ3) is 8.38. The van der Waals surface area contributed by atoms with E-state index < -0.39 is 24.7 Å². The summed E-state index contributed by atoms with van der Waals surface area (Å²) < 4.78 is 18.3. The van der Waals surface area contributed by atoms with E-state index in [2.05, 4.69) is 20.3 Å². The van der Waals surface area contributed by atoms with Gasteiger partial charge < -0.3 is 40.4 Å². The Labute approximate surface area is 249 Å². The fourth-order valence-corrected chi connectivity index (χ4v) is 4.95. The lowest BCUT2D eigenvalue weighted by molar-refractivity contribution is -0.147. The smallest absolute Gasteiger partial charge is 0.409 e. The average molecular weight is 598 g/mol. The van der Waals surface area contributed by atoms with Gasteiger partial charge in [-0.1, -0.05) is 30.3 Å². The number of aliphatic hydroxyl groups excluding tert-OH is 2. The zero-order chi connectivity index (χ0) is 30.2. The van der Waals surface area contributed by atoms with Crippen LogP contribution in [0.2, 0.25) is 0 Å². The van der Waals surface area contributed by atoms with Gasteiger partial charge in [0.1, 0.15) is 30.8 Å².